The maximum absolute atomic E-state index is 10.5. The third kappa shape index (κ3) is 2.23. The van der Waals surface area contributed by atoms with Crippen molar-refractivity contribution in [1.29, 1.82) is 0 Å². The van der Waals surface area contributed by atoms with Crippen LogP contribution >= 0.6 is 11.3 Å². The molecule has 0 aliphatic heterocycles. The van der Waals surface area contributed by atoms with Gasteiger partial charge >= 0.3 is 0 Å². The summed E-state index contributed by atoms with van der Waals surface area (Å²) in [5, 5.41) is 14.8. The van der Waals surface area contributed by atoms with Gasteiger partial charge in [-0.25, -0.2) is 0 Å². The molecule has 3 rings (SSSR count). The summed E-state index contributed by atoms with van der Waals surface area (Å²) in [6, 6.07) is 12.6. The van der Waals surface area contributed by atoms with Crippen LogP contribution < -0.4 is 0 Å². The predicted molar refractivity (Wildman–Crippen MR) is 76.0 cm³/mol. The van der Waals surface area contributed by atoms with Crippen molar-refractivity contribution >= 4 is 11.3 Å². The number of rotatable bonds is 5. The molecule has 2 heteroatoms. The summed E-state index contributed by atoms with van der Waals surface area (Å²) in [5.74, 6) is 0. The number of benzene rings is 1. The average molecular weight is 258 g/mol. The Hall–Kier alpha value is -1.12. The topological polar surface area (TPSA) is 20.2 Å². The normalized spacial score (nSPS) is 18.5. The van der Waals surface area contributed by atoms with Crippen molar-refractivity contribution in [2.45, 2.75) is 37.2 Å². The Morgan fingerprint density at radius 2 is 1.94 bits per heavy atom. The van der Waals surface area contributed by atoms with Crippen LogP contribution in [-0.4, -0.2) is 11.2 Å². The molecule has 1 aliphatic rings. The first-order chi connectivity index (χ1) is 8.81. The van der Waals surface area contributed by atoms with Gasteiger partial charge in [-0.15, -0.1) is 0 Å². The van der Waals surface area contributed by atoms with Gasteiger partial charge in [0.2, 0.25) is 0 Å². The lowest BCUT2D eigenvalue weighted by molar-refractivity contribution is 0.122. The molecule has 1 heterocycles. The number of aliphatic hydroxyl groups is 1. The van der Waals surface area contributed by atoms with Crippen molar-refractivity contribution in [3.63, 3.8) is 0 Å². The third-order valence-corrected chi connectivity index (χ3v) is 4.79. The average Bonchev–Trinajstić information content (AvgIpc) is 3.07. The van der Waals surface area contributed by atoms with Gasteiger partial charge in [0.25, 0.3) is 0 Å². The maximum Gasteiger partial charge on any atom is 0.0640 e. The highest BCUT2D eigenvalue weighted by Crippen LogP contribution is 2.51. The van der Waals surface area contributed by atoms with Crippen LogP contribution in [0.1, 0.15) is 30.4 Å². The van der Waals surface area contributed by atoms with Gasteiger partial charge < -0.3 is 5.11 Å². The smallest absolute Gasteiger partial charge is 0.0640 e. The summed E-state index contributed by atoms with van der Waals surface area (Å²) in [6.45, 7) is 0. The second-order valence-electron chi connectivity index (χ2n) is 5.21. The van der Waals surface area contributed by atoms with Crippen molar-refractivity contribution in [3.8, 4) is 0 Å². The van der Waals surface area contributed by atoms with E-state index < -0.39 is 0 Å². The number of aliphatic hydroxyl groups excluding tert-OH is 1. The molecule has 1 aliphatic carbocycles. The lowest BCUT2D eigenvalue weighted by Crippen LogP contribution is -2.26. The molecular weight excluding hydrogens is 240 g/mol. The van der Waals surface area contributed by atoms with Gasteiger partial charge in [-0.1, -0.05) is 30.3 Å². The first kappa shape index (κ1) is 11.9. The van der Waals surface area contributed by atoms with Crippen LogP contribution in [0.5, 0.6) is 0 Å². The zero-order chi connectivity index (χ0) is 12.4. The second kappa shape index (κ2) is 4.87. The molecule has 0 amide bonds. The highest BCUT2D eigenvalue weighted by molar-refractivity contribution is 7.07. The molecule has 1 unspecified atom stereocenters. The quantitative estimate of drug-likeness (QED) is 0.865. The van der Waals surface area contributed by atoms with E-state index in [1.165, 1.54) is 11.1 Å². The van der Waals surface area contributed by atoms with Crippen LogP contribution in [-0.2, 0) is 11.8 Å². The van der Waals surface area contributed by atoms with Crippen LogP contribution in [0.2, 0.25) is 0 Å². The van der Waals surface area contributed by atoms with E-state index in [2.05, 4.69) is 41.1 Å². The Kier molecular flexibility index (Phi) is 3.23. The van der Waals surface area contributed by atoms with Crippen molar-refractivity contribution in [1.82, 2.24) is 0 Å². The van der Waals surface area contributed by atoms with Gasteiger partial charge in [0, 0.05) is 5.41 Å². The van der Waals surface area contributed by atoms with Crippen LogP contribution in [0.3, 0.4) is 0 Å². The molecule has 1 fully saturated rings. The molecule has 2 aromatic rings. The Bertz CT molecular complexity index is 485. The molecule has 1 N–H and O–H groups in total. The van der Waals surface area contributed by atoms with Crippen molar-refractivity contribution in [2.75, 3.05) is 0 Å². The molecular formula is C16H18OS. The van der Waals surface area contributed by atoms with Crippen molar-refractivity contribution < 1.29 is 5.11 Å². The molecule has 94 valence electrons. The largest absolute Gasteiger partial charge is 0.392 e. The summed E-state index contributed by atoms with van der Waals surface area (Å²) >= 11 is 1.73. The Labute approximate surface area is 112 Å². The molecule has 0 bridgehead atoms. The lowest BCUT2D eigenvalue weighted by atomic mass is 9.87. The third-order valence-electron chi connectivity index (χ3n) is 4.06. The second-order valence-corrected chi connectivity index (χ2v) is 5.99. The van der Waals surface area contributed by atoms with Gasteiger partial charge in [0.15, 0.2) is 0 Å². The summed E-state index contributed by atoms with van der Waals surface area (Å²) in [6.07, 6.45) is 3.90. The molecule has 1 saturated carbocycles. The van der Waals surface area contributed by atoms with Crippen LogP contribution in [0.4, 0.5) is 0 Å². The molecule has 0 saturated heterocycles. The lowest BCUT2D eigenvalue weighted by Gasteiger charge is -2.22. The van der Waals surface area contributed by atoms with Gasteiger partial charge in [-0.05, 0) is 53.6 Å². The molecule has 1 nitrogen and oxygen atoms in total. The summed E-state index contributed by atoms with van der Waals surface area (Å²) < 4.78 is 0. The Balaban J connectivity index is 1.67. The van der Waals surface area contributed by atoms with Crippen molar-refractivity contribution in [2.24, 2.45) is 0 Å². The summed E-state index contributed by atoms with van der Waals surface area (Å²) in [4.78, 5) is 0. The van der Waals surface area contributed by atoms with E-state index in [1.807, 2.05) is 6.07 Å². The van der Waals surface area contributed by atoms with Gasteiger partial charge in [0.1, 0.15) is 0 Å². The minimum Gasteiger partial charge on any atom is -0.392 e. The standard InChI is InChI=1S/C16H18OS/c17-15(7-6-13-8-11-18-12-13)16(9-10-16)14-4-2-1-3-5-14/h1-5,8,11-12,15,17H,6-7,9-10H2. The fourth-order valence-corrected chi connectivity index (χ4v) is 3.44. The predicted octanol–water partition coefficient (Wildman–Crippen LogP) is 3.77. The monoisotopic (exact) mass is 258 g/mol. The summed E-state index contributed by atoms with van der Waals surface area (Å²) in [7, 11) is 0. The van der Waals surface area contributed by atoms with E-state index in [1.54, 1.807) is 11.3 Å². The van der Waals surface area contributed by atoms with Gasteiger partial charge in [0.05, 0.1) is 6.10 Å². The van der Waals surface area contributed by atoms with E-state index in [0.29, 0.717) is 0 Å². The number of hydrogen-bond donors (Lipinski definition) is 1. The Morgan fingerprint density at radius 1 is 1.17 bits per heavy atom. The van der Waals surface area contributed by atoms with E-state index in [0.717, 1.165) is 25.7 Å². The Morgan fingerprint density at radius 3 is 2.56 bits per heavy atom. The first-order valence-electron chi connectivity index (χ1n) is 6.56. The highest BCUT2D eigenvalue weighted by Gasteiger charge is 2.49. The van der Waals surface area contributed by atoms with E-state index in [4.69, 9.17) is 0 Å². The molecule has 0 spiro atoms. The molecule has 1 aromatic carbocycles. The molecule has 1 atom stereocenters. The van der Waals surface area contributed by atoms with Gasteiger partial charge in [-0.3, -0.25) is 0 Å². The van der Waals surface area contributed by atoms with E-state index >= 15 is 0 Å². The minimum absolute atomic E-state index is 0.0529. The molecule has 18 heavy (non-hydrogen) atoms. The zero-order valence-corrected chi connectivity index (χ0v) is 11.2. The van der Waals surface area contributed by atoms with E-state index in [-0.39, 0.29) is 11.5 Å². The number of thiophene rings is 1. The number of aryl methyl sites for hydroxylation is 1. The van der Waals surface area contributed by atoms with Crippen LogP contribution in [0, 0.1) is 0 Å². The SMILES string of the molecule is OC(CCc1ccsc1)C1(c2ccccc2)CC1. The van der Waals surface area contributed by atoms with Gasteiger partial charge in [-0.2, -0.15) is 11.3 Å². The first-order valence-corrected chi connectivity index (χ1v) is 7.50. The zero-order valence-electron chi connectivity index (χ0n) is 10.4. The van der Waals surface area contributed by atoms with Crippen LogP contribution in [0.25, 0.3) is 0 Å². The molecule has 1 aromatic heterocycles. The number of hydrogen-bond acceptors (Lipinski definition) is 2. The van der Waals surface area contributed by atoms with Crippen LogP contribution in [0.15, 0.2) is 47.2 Å². The van der Waals surface area contributed by atoms with Crippen molar-refractivity contribution in [3.05, 3.63) is 58.3 Å². The fourth-order valence-electron chi connectivity index (χ4n) is 2.73. The highest BCUT2D eigenvalue weighted by atomic mass is 32.1. The summed E-state index contributed by atoms with van der Waals surface area (Å²) in [5.41, 5.74) is 2.71. The minimum atomic E-state index is -0.209. The van der Waals surface area contributed by atoms with E-state index in [9.17, 15) is 5.11 Å². The molecule has 0 radical (unpaired) electrons. The maximum atomic E-state index is 10.5. The fraction of sp³-hybridized carbons (Fsp3) is 0.375.